The van der Waals surface area contributed by atoms with Gasteiger partial charge in [-0.25, -0.2) is 0 Å². The molecule has 0 saturated carbocycles. The normalized spacial score (nSPS) is 11.9. The Labute approximate surface area is 473 Å². The Balaban J connectivity index is 0.962. The Hall–Kier alpha value is -11.2. The molecular formula is C74H43N7S. The second kappa shape index (κ2) is 17.7. The van der Waals surface area contributed by atoms with E-state index < -0.39 is 0 Å². The van der Waals surface area contributed by atoms with Crippen LogP contribution in [0.15, 0.2) is 261 Å². The van der Waals surface area contributed by atoms with Gasteiger partial charge >= 0.3 is 0 Å². The molecule has 0 bridgehead atoms. The first-order chi connectivity index (χ1) is 40.6. The summed E-state index contributed by atoms with van der Waals surface area (Å²) in [5.41, 5.74) is 15.3. The van der Waals surface area contributed by atoms with Crippen molar-refractivity contribution >= 4 is 136 Å². The highest BCUT2D eigenvalue weighted by Gasteiger charge is 2.27. The van der Waals surface area contributed by atoms with Crippen molar-refractivity contribution in [1.82, 2.24) is 18.3 Å². The summed E-state index contributed by atoms with van der Waals surface area (Å²) in [5, 5.41) is 34.6. The van der Waals surface area contributed by atoms with Gasteiger partial charge < -0.3 is 23.2 Å². The molecule has 0 aliphatic carbocycles. The highest BCUT2D eigenvalue weighted by Crippen LogP contribution is 2.47. The number of hydrogen-bond donors (Lipinski definition) is 0. The summed E-state index contributed by atoms with van der Waals surface area (Å²) in [4.78, 5) is 2.29. The molecule has 5 aromatic heterocycles. The zero-order valence-corrected chi connectivity index (χ0v) is 44.7. The molecule has 0 atom stereocenters. The van der Waals surface area contributed by atoms with Gasteiger partial charge in [-0.05, 0) is 121 Å². The zero-order chi connectivity index (χ0) is 54.2. The topological polar surface area (TPSA) is 70.5 Å². The quantitative estimate of drug-likeness (QED) is 0.160. The van der Waals surface area contributed by atoms with Crippen molar-refractivity contribution in [3.05, 3.63) is 272 Å². The molecule has 0 amide bonds. The van der Waals surface area contributed by atoms with E-state index in [9.17, 15) is 10.5 Å². The van der Waals surface area contributed by atoms with Crippen LogP contribution in [-0.2, 0) is 0 Å². The Morgan fingerprint density at radius 1 is 0.280 bits per heavy atom. The Kier molecular flexibility index (Phi) is 9.88. The monoisotopic (exact) mass is 1060 g/mol. The highest BCUT2D eigenvalue weighted by atomic mass is 32.1. The van der Waals surface area contributed by atoms with Crippen LogP contribution >= 0.6 is 11.3 Å². The molecule has 17 aromatic rings. The van der Waals surface area contributed by atoms with Gasteiger partial charge in [0.05, 0.1) is 66.6 Å². The number of anilines is 3. The molecule has 0 aliphatic heterocycles. The largest absolute Gasteiger partial charge is 0.310 e. The first-order valence-corrected chi connectivity index (χ1v) is 28.3. The summed E-state index contributed by atoms with van der Waals surface area (Å²) < 4.78 is 11.5. The number of para-hydroxylation sites is 6. The van der Waals surface area contributed by atoms with Crippen molar-refractivity contribution in [2.75, 3.05) is 4.90 Å². The Morgan fingerprint density at radius 3 is 1.40 bits per heavy atom. The molecule has 0 N–H and O–H groups in total. The van der Waals surface area contributed by atoms with E-state index in [1.54, 1.807) is 11.3 Å². The minimum atomic E-state index is 0.438. The number of benzene rings is 12. The van der Waals surface area contributed by atoms with Gasteiger partial charge in [0.25, 0.3) is 0 Å². The molecule has 7 nitrogen and oxygen atoms in total. The number of nitriles is 2. The Bertz CT molecular complexity index is 5520. The van der Waals surface area contributed by atoms with Crippen molar-refractivity contribution < 1.29 is 0 Å². The standard InChI is InChI=1S/C74H43N7S/c75-44-46-39-69(47(45-76)38-68(46)80-66-36-32-51(77(48-18-4-1-5-19-48)49-20-6-2-7-21-49)40-60(66)61-42-62-56-27-13-17-31-71(56)82-72(62)43-70(61)80)81-67-37-33-52(78-63-28-14-10-24-53(63)54-25-11-15-29-64(54)78)41-59(67)58-35-34-57-55-26-12-16-30-65(55)79(73(57)74(58)81)50-22-8-3-9-23-50/h1-43H. The smallest absolute Gasteiger partial charge is 0.101 e. The lowest BCUT2D eigenvalue weighted by Crippen LogP contribution is -2.09. The van der Waals surface area contributed by atoms with E-state index in [-0.39, 0.29) is 0 Å². The average Bonchev–Trinajstić information content (AvgIpc) is 4.20. The fourth-order valence-corrected chi connectivity index (χ4v) is 14.4. The van der Waals surface area contributed by atoms with Gasteiger partial charge in [0.2, 0.25) is 0 Å². The van der Waals surface area contributed by atoms with Crippen LogP contribution < -0.4 is 4.90 Å². The maximum absolute atomic E-state index is 11.8. The summed E-state index contributed by atoms with van der Waals surface area (Å²) in [6.45, 7) is 0. The highest BCUT2D eigenvalue weighted by molar-refractivity contribution is 7.25. The van der Waals surface area contributed by atoms with Crippen molar-refractivity contribution in [3.8, 4) is 34.9 Å². The van der Waals surface area contributed by atoms with E-state index in [2.05, 4.69) is 272 Å². The summed E-state index contributed by atoms with van der Waals surface area (Å²) >= 11 is 1.77. The van der Waals surface area contributed by atoms with Crippen LogP contribution in [0.4, 0.5) is 17.1 Å². The fourth-order valence-electron chi connectivity index (χ4n) is 13.3. The third-order valence-corrected chi connectivity index (χ3v) is 17.9. The molecule has 12 aromatic carbocycles. The minimum absolute atomic E-state index is 0.438. The summed E-state index contributed by atoms with van der Waals surface area (Å²) in [5.74, 6) is 0. The number of rotatable bonds is 7. The third-order valence-electron chi connectivity index (χ3n) is 16.8. The van der Waals surface area contributed by atoms with Crippen LogP contribution in [-0.4, -0.2) is 18.3 Å². The third kappa shape index (κ3) is 6.56. The van der Waals surface area contributed by atoms with Crippen LogP contribution in [0.1, 0.15) is 11.1 Å². The fraction of sp³-hybridized carbons (Fsp3) is 0. The molecule has 0 aliphatic rings. The second-order valence-electron chi connectivity index (χ2n) is 21.1. The average molecular weight is 1060 g/mol. The van der Waals surface area contributed by atoms with Crippen LogP contribution in [0, 0.1) is 22.7 Å². The Morgan fingerprint density at radius 2 is 0.756 bits per heavy atom. The van der Waals surface area contributed by atoms with Gasteiger partial charge in [0.1, 0.15) is 12.1 Å². The number of thiophene rings is 1. The van der Waals surface area contributed by atoms with Crippen molar-refractivity contribution in [2.24, 2.45) is 0 Å². The molecule has 82 heavy (non-hydrogen) atoms. The van der Waals surface area contributed by atoms with Crippen LogP contribution in [0.5, 0.6) is 0 Å². The molecule has 17 rings (SSSR count). The summed E-state index contributed by atoms with van der Waals surface area (Å²) in [6.07, 6.45) is 0. The minimum Gasteiger partial charge on any atom is -0.310 e. The lowest BCUT2D eigenvalue weighted by Gasteiger charge is -2.25. The molecule has 0 saturated heterocycles. The van der Waals surface area contributed by atoms with E-state index in [1.165, 1.54) is 26.2 Å². The van der Waals surface area contributed by atoms with E-state index >= 15 is 0 Å². The lowest BCUT2D eigenvalue weighted by atomic mass is 10.1. The zero-order valence-electron chi connectivity index (χ0n) is 43.9. The van der Waals surface area contributed by atoms with Crippen molar-refractivity contribution in [2.45, 2.75) is 0 Å². The first kappa shape index (κ1) is 45.8. The molecule has 0 fully saturated rings. The SMILES string of the molecule is N#Cc1cc(-n2c3ccc(-n4c5ccccc5c5ccccc54)cc3c3ccc4c5ccccc5n(-c5ccccc5)c4c32)c(C#N)cc1-n1c2ccc(N(c3ccccc3)c3ccccc3)cc2c2cc3c(cc21)sc1ccccc13. The molecule has 0 radical (unpaired) electrons. The van der Waals surface area contributed by atoms with Gasteiger partial charge in [-0.3, -0.25) is 0 Å². The van der Waals surface area contributed by atoms with Gasteiger partial charge in [-0.2, -0.15) is 10.5 Å². The van der Waals surface area contributed by atoms with E-state index in [0.717, 1.165) is 110 Å². The van der Waals surface area contributed by atoms with E-state index in [1.807, 2.05) is 24.3 Å². The maximum Gasteiger partial charge on any atom is 0.101 e. The molecule has 5 heterocycles. The summed E-state index contributed by atoms with van der Waals surface area (Å²) in [6, 6.07) is 97.6. The van der Waals surface area contributed by atoms with Crippen LogP contribution in [0.2, 0.25) is 0 Å². The number of aromatic nitrogens is 4. The first-order valence-electron chi connectivity index (χ1n) is 27.4. The predicted octanol–water partition coefficient (Wildman–Crippen LogP) is 19.7. The van der Waals surface area contributed by atoms with Crippen molar-refractivity contribution in [1.29, 1.82) is 10.5 Å². The van der Waals surface area contributed by atoms with Crippen LogP contribution in [0.25, 0.3) is 130 Å². The molecular weight excluding hydrogens is 1020 g/mol. The maximum atomic E-state index is 11.8. The number of fused-ring (bicyclic) bond motifs is 16. The van der Waals surface area contributed by atoms with Crippen molar-refractivity contribution in [3.63, 3.8) is 0 Å². The second-order valence-corrected chi connectivity index (χ2v) is 22.2. The van der Waals surface area contributed by atoms with Gasteiger partial charge in [0.15, 0.2) is 0 Å². The number of hydrogen-bond acceptors (Lipinski definition) is 4. The van der Waals surface area contributed by atoms with Gasteiger partial charge in [0, 0.05) is 91.7 Å². The molecule has 0 spiro atoms. The molecule has 8 heteroatoms. The molecule has 380 valence electrons. The van der Waals surface area contributed by atoms with Crippen LogP contribution in [0.3, 0.4) is 0 Å². The predicted molar refractivity (Wildman–Crippen MR) is 341 cm³/mol. The van der Waals surface area contributed by atoms with Gasteiger partial charge in [-0.1, -0.05) is 140 Å². The van der Waals surface area contributed by atoms with E-state index in [0.29, 0.717) is 22.5 Å². The lowest BCUT2D eigenvalue weighted by molar-refractivity contribution is 1.12. The molecule has 0 unspecified atom stereocenters. The summed E-state index contributed by atoms with van der Waals surface area (Å²) in [7, 11) is 0. The number of nitrogens with zero attached hydrogens (tertiary/aromatic N) is 7. The van der Waals surface area contributed by atoms with Gasteiger partial charge in [-0.15, -0.1) is 11.3 Å². The van der Waals surface area contributed by atoms with E-state index in [4.69, 9.17) is 0 Å².